The molecule has 1 amide bonds. The van der Waals surface area contributed by atoms with Crippen LogP contribution in [-0.2, 0) is 9.53 Å². The highest BCUT2D eigenvalue weighted by molar-refractivity contribution is 5.82. The van der Waals surface area contributed by atoms with Gasteiger partial charge in [0.15, 0.2) is 0 Å². The van der Waals surface area contributed by atoms with Crippen LogP contribution in [0.4, 0.5) is 0 Å². The Kier molecular flexibility index (Phi) is 4.35. The molecule has 82 valence electrons. The molecule has 1 rings (SSSR count). The first kappa shape index (κ1) is 11.5. The fourth-order valence-electron chi connectivity index (χ4n) is 1.69. The average Bonchev–Trinajstić information content (AvgIpc) is 2.13. The highest BCUT2D eigenvalue weighted by Gasteiger charge is 2.34. The number of nitrogens with zero attached hydrogens (tertiary/aromatic N) is 2. The first-order valence-corrected chi connectivity index (χ1v) is 5.18. The first-order valence-electron chi connectivity index (χ1n) is 5.18. The molecule has 0 aromatic carbocycles. The molecule has 0 radical (unpaired) electrons. The normalized spacial score (nSPS) is 21.8. The van der Waals surface area contributed by atoms with Gasteiger partial charge in [0.05, 0.1) is 12.6 Å². The van der Waals surface area contributed by atoms with Crippen molar-refractivity contribution in [3.63, 3.8) is 0 Å². The zero-order chi connectivity index (χ0) is 10.6. The van der Waals surface area contributed by atoms with Crippen molar-refractivity contribution in [3.05, 3.63) is 0 Å². The van der Waals surface area contributed by atoms with Crippen molar-refractivity contribution in [1.29, 1.82) is 0 Å². The van der Waals surface area contributed by atoms with Gasteiger partial charge in [-0.25, -0.2) is 0 Å². The predicted molar refractivity (Wildman–Crippen MR) is 55.2 cm³/mol. The van der Waals surface area contributed by atoms with Gasteiger partial charge < -0.3 is 9.64 Å². The molecule has 4 heteroatoms. The summed E-state index contributed by atoms with van der Waals surface area (Å²) < 4.78 is 4.94. The van der Waals surface area contributed by atoms with Crippen molar-refractivity contribution in [2.75, 3.05) is 40.4 Å². The zero-order valence-electron chi connectivity index (χ0n) is 9.32. The fraction of sp³-hybridized carbons (Fsp3) is 0.900. The summed E-state index contributed by atoms with van der Waals surface area (Å²) in [5.41, 5.74) is 0. The highest BCUT2D eigenvalue weighted by Crippen LogP contribution is 2.18. The smallest absolute Gasteiger partial charge is 0.239 e. The van der Waals surface area contributed by atoms with Crippen LogP contribution in [0.15, 0.2) is 0 Å². The number of rotatable bonds is 5. The number of likely N-dealkylation sites (tertiary alicyclic amines) is 1. The lowest BCUT2D eigenvalue weighted by Gasteiger charge is -2.40. The summed E-state index contributed by atoms with van der Waals surface area (Å²) >= 11 is 0. The Balaban J connectivity index is 2.32. The zero-order valence-corrected chi connectivity index (χ0v) is 9.32. The van der Waals surface area contributed by atoms with Gasteiger partial charge in [-0.15, -0.1) is 0 Å². The monoisotopic (exact) mass is 200 g/mol. The Morgan fingerprint density at radius 2 is 2.36 bits per heavy atom. The molecule has 0 N–H and O–H groups in total. The molecule has 1 saturated heterocycles. The number of likely N-dealkylation sites (N-methyl/N-ethyl adjacent to an activating group) is 2. The molecule has 1 aliphatic rings. The standard InChI is InChI=1S/C10H20N2O2/c1-4-12-6-5-9(12)10(13)11(2)7-8-14-3/h9H,4-8H2,1-3H3/t9-/m0/s1. The quantitative estimate of drug-likeness (QED) is 0.635. The molecule has 0 saturated carbocycles. The van der Waals surface area contributed by atoms with Gasteiger partial charge in [-0.2, -0.15) is 0 Å². The molecule has 0 unspecified atom stereocenters. The van der Waals surface area contributed by atoms with Gasteiger partial charge in [0.2, 0.25) is 5.91 Å². The van der Waals surface area contributed by atoms with Crippen LogP contribution in [0, 0.1) is 0 Å². The number of ether oxygens (including phenoxy) is 1. The third-order valence-electron chi connectivity index (χ3n) is 2.83. The Morgan fingerprint density at radius 3 is 2.79 bits per heavy atom. The van der Waals surface area contributed by atoms with Gasteiger partial charge in [0.25, 0.3) is 0 Å². The maximum absolute atomic E-state index is 11.8. The van der Waals surface area contributed by atoms with E-state index >= 15 is 0 Å². The summed E-state index contributed by atoms with van der Waals surface area (Å²) in [6.07, 6.45) is 1.00. The van der Waals surface area contributed by atoms with E-state index in [1.807, 2.05) is 7.05 Å². The SMILES string of the molecule is CCN1CC[C@H]1C(=O)N(C)CCOC. The van der Waals surface area contributed by atoms with Crippen molar-refractivity contribution < 1.29 is 9.53 Å². The Morgan fingerprint density at radius 1 is 1.64 bits per heavy atom. The Hall–Kier alpha value is -0.610. The molecule has 0 aromatic heterocycles. The van der Waals surface area contributed by atoms with E-state index in [0.717, 1.165) is 19.5 Å². The van der Waals surface area contributed by atoms with Gasteiger partial charge in [-0.1, -0.05) is 6.92 Å². The Labute approximate surface area is 85.8 Å². The lowest BCUT2D eigenvalue weighted by atomic mass is 10.0. The van der Waals surface area contributed by atoms with Gasteiger partial charge in [-0.05, 0) is 13.0 Å². The van der Waals surface area contributed by atoms with E-state index in [9.17, 15) is 4.79 Å². The van der Waals surface area contributed by atoms with Gasteiger partial charge in [0.1, 0.15) is 0 Å². The predicted octanol–water partition coefficient (Wildman–Crippen LogP) is 0.185. The second-order valence-corrected chi connectivity index (χ2v) is 3.69. The molecule has 0 bridgehead atoms. The van der Waals surface area contributed by atoms with Crippen LogP contribution in [0.2, 0.25) is 0 Å². The van der Waals surface area contributed by atoms with Gasteiger partial charge in [0, 0.05) is 27.2 Å². The van der Waals surface area contributed by atoms with E-state index in [1.54, 1.807) is 12.0 Å². The number of hydrogen-bond donors (Lipinski definition) is 0. The number of methoxy groups -OCH3 is 1. The van der Waals surface area contributed by atoms with E-state index in [4.69, 9.17) is 4.74 Å². The van der Waals surface area contributed by atoms with Crippen molar-refractivity contribution in [2.45, 2.75) is 19.4 Å². The number of carbonyl (C=O) groups is 1. The van der Waals surface area contributed by atoms with E-state index in [1.165, 1.54) is 0 Å². The Bertz CT molecular complexity index is 195. The maximum Gasteiger partial charge on any atom is 0.239 e. The van der Waals surface area contributed by atoms with Crippen LogP contribution >= 0.6 is 0 Å². The summed E-state index contributed by atoms with van der Waals surface area (Å²) in [5.74, 6) is 0.232. The highest BCUT2D eigenvalue weighted by atomic mass is 16.5. The molecule has 4 nitrogen and oxygen atoms in total. The van der Waals surface area contributed by atoms with Gasteiger partial charge >= 0.3 is 0 Å². The molecule has 1 heterocycles. The molecule has 14 heavy (non-hydrogen) atoms. The second-order valence-electron chi connectivity index (χ2n) is 3.69. The molecule has 1 atom stereocenters. The molecule has 1 fully saturated rings. The minimum Gasteiger partial charge on any atom is -0.383 e. The number of hydrogen-bond acceptors (Lipinski definition) is 3. The molecule has 0 aromatic rings. The van der Waals surface area contributed by atoms with Crippen molar-refractivity contribution in [2.24, 2.45) is 0 Å². The number of amides is 1. The summed E-state index contributed by atoms with van der Waals surface area (Å²) in [6.45, 7) is 5.42. The van der Waals surface area contributed by atoms with Crippen LogP contribution in [0.1, 0.15) is 13.3 Å². The summed E-state index contributed by atoms with van der Waals surface area (Å²) in [7, 11) is 3.49. The van der Waals surface area contributed by atoms with Crippen molar-refractivity contribution >= 4 is 5.91 Å². The van der Waals surface area contributed by atoms with E-state index in [2.05, 4.69) is 11.8 Å². The topological polar surface area (TPSA) is 32.8 Å². The van der Waals surface area contributed by atoms with Crippen LogP contribution in [-0.4, -0.2) is 62.1 Å². The minimum atomic E-state index is 0.127. The maximum atomic E-state index is 11.8. The molecule has 0 spiro atoms. The van der Waals surface area contributed by atoms with E-state index in [0.29, 0.717) is 13.2 Å². The summed E-state index contributed by atoms with van der Waals surface area (Å²) in [6, 6.07) is 0.127. The molecule has 0 aliphatic carbocycles. The third kappa shape index (κ3) is 2.45. The van der Waals surface area contributed by atoms with Crippen LogP contribution in [0.5, 0.6) is 0 Å². The first-order chi connectivity index (χ1) is 6.70. The summed E-state index contributed by atoms with van der Waals surface area (Å²) in [5, 5.41) is 0. The van der Waals surface area contributed by atoms with Crippen LogP contribution in [0.25, 0.3) is 0 Å². The van der Waals surface area contributed by atoms with Crippen molar-refractivity contribution in [3.8, 4) is 0 Å². The lowest BCUT2D eigenvalue weighted by molar-refractivity contribution is -0.140. The fourth-order valence-corrected chi connectivity index (χ4v) is 1.69. The number of carbonyl (C=O) groups excluding carboxylic acids is 1. The van der Waals surface area contributed by atoms with E-state index in [-0.39, 0.29) is 11.9 Å². The van der Waals surface area contributed by atoms with Gasteiger partial charge in [-0.3, -0.25) is 9.69 Å². The third-order valence-corrected chi connectivity index (χ3v) is 2.83. The molecule has 1 aliphatic heterocycles. The lowest BCUT2D eigenvalue weighted by Crippen LogP contribution is -2.56. The minimum absolute atomic E-state index is 0.127. The largest absolute Gasteiger partial charge is 0.383 e. The van der Waals surface area contributed by atoms with Crippen LogP contribution < -0.4 is 0 Å². The molecular formula is C10H20N2O2. The second kappa shape index (κ2) is 5.32. The molecular weight excluding hydrogens is 180 g/mol. The summed E-state index contributed by atoms with van der Waals surface area (Å²) in [4.78, 5) is 15.8. The average molecular weight is 200 g/mol. The van der Waals surface area contributed by atoms with Crippen LogP contribution in [0.3, 0.4) is 0 Å². The van der Waals surface area contributed by atoms with E-state index < -0.39 is 0 Å². The van der Waals surface area contributed by atoms with Crippen molar-refractivity contribution in [1.82, 2.24) is 9.80 Å².